The zero-order chi connectivity index (χ0) is 14.7. The molecule has 0 spiro atoms. The monoisotopic (exact) mass is 317 g/mol. The fourth-order valence-corrected chi connectivity index (χ4v) is 2.68. The smallest absolute Gasteiger partial charge is 0.227 e. The van der Waals surface area contributed by atoms with Crippen LogP contribution in [0.3, 0.4) is 0 Å². The molecule has 0 aliphatic carbocycles. The number of nitrogens with zero attached hydrogens (tertiary/aromatic N) is 1. The summed E-state index contributed by atoms with van der Waals surface area (Å²) in [6, 6.07) is 5.11. The molecule has 1 aromatic carbocycles. The van der Waals surface area contributed by atoms with Crippen molar-refractivity contribution in [3.63, 3.8) is 0 Å². The van der Waals surface area contributed by atoms with Crippen molar-refractivity contribution in [2.24, 2.45) is 0 Å². The Labute approximate surface area is 128 Å². The summed E-state index contributed by atoms with van der Waals surface area (Å²) in [6.07, 6.45) is -0.0887. The first-order valence-electron chi connectivity index (χ1n) is 6.47. The van der Waals surface area contributed by atoms with Crippen LogP contribution in [0.15, 0.2) is 18.2 Å². The van der Waals surface area contributed by atoms with E-state index in [4.69, 9.17) is 33.0 Å². The number of halogens is 2. The maximum absolute atomic E-state index is 12.4. The molecule has 0 radical (unpaired) electrons. The number of rotatable bonds is 3. The van der Waals surface area contributed by atoms with Crippen LogP contribution in [0.25, 0.3) is 0 Å². The highest BCUT2D eigenvalue weighted by Gasteiger charge is 2.29. The third kappa shape index (κ3) is 3.64. The standard InChI is InChI=1S/C14H17Cl2NO3/c1-9-8-20-12(7-18)6-17(9)14(19)4-10-2-3-11(15)5-13(10)16/h2-3,5,9,12,18H,4,6-8H2,1H3. The molecule has 20 heavy (non-hydrogen) atoms. The average molecular weight is 318 g/mol. The minimum absolute atomic E-state index is 0.00336. The third-order valence-electron chi connectivity index (χ3n) is 3.39. The quantitative estimate of drug-likeness (QED) is 0.929. The molecule has 2 unspecified atom stereocenters. The lowest BCUT2D eigenvalue weighted by molar-refractivity contribution is -0.145. The van der Waals surface area contributed by atoms with Crippen LogP contribution in [-0.2, 0) is 16.0 Å². The molecule has 1 N–H and O–H groups in total. The van der Waals surface area contributed by atoms with Crippen LogP contribution in [-0.4, -0.2) is 47.8 Å². The van der Waals surface area contributed by atoms with E-state index in [1.165, 1.54) is 0 Å². The number of aliphatic hydroxyl groups is 1. The maximum atomic E-state index is 12.4. The van der Waals surface area contributed by atoms with E-state index in [0.717, 1.165) is 5.56 Å². The summed E-state index contributed by atoms with van der Waals surface area (Å²) in [5, 5.41) is 10.2. The van der Waals surface area contributed by atoms with Crippen LogP contribution in [0.1, 0.15) is 12.5 Å². The Balaban J connectivity index is 2.06. The van der Waals surface area contributed by atoms with Crippen molar-refractivity contribution in [3.8, 4) is 0 Å². The van der Waals surface area contributed by atoms with Gasteiger partial charge in [-0.15, -0.1) is 0 Å². The topological polar surface area (TPSA) is 49.8 Å². The summed E-state index contributed by atoms with van der Waals surface area (Å²) in [6.45, 7) is 2.68. The molecule has 1 aliphatic heterocycles. The molecule has 1 saturated heterocycles. The van der Waals surface area contributed by atoms with Crippen molar-refractivity contribution in [1.29, 1.82) is 0 Å². The van der Waals surface area contributed by atoms with E-state index in [1.54, 1.807) is 23.1 Å². The van der Waals surface area contributed by atoms with Gasteiger partial charge in [0, 0.05) is 16.6 Å². The van der Waals surface area contributed by atoms with Crippen molar-refractivity contribution in [1.82, 2.24) is 4.90 Å². The first-order valence-corrected chi connectivity index (χ1v) is 7.22. The second kappa shape index (κ2) is 6.76. The SMILES string of the molecule is CC1COC(CO)CN1C(=O)Cc1ccc(Cl)cc1Cl. The van der Waals surface area contributed by atoms with Crippen LogP contribution >= 0.6 is 23.2 Å². The van der Waals surface area contributed by atoms with Crippen LogP contribution in [0, 0.1) is 0 Å². The lowest BCUT2D eigenvalue weighted by atomic mass is 10.1. The Morgan fingerprint density at radius 3 is 2.90 bits per heavy atom. The van der Waals surface area contributed by atoms with Crippen LogP contribution in [0.4, 0.5) is 0 Å². The van der Waals surface area contributed by atoms with Crippen molar-refractivity contribution in [3.05, 3.63) is 33.8 Å². The predicted octanol–water partition coefficient (Wildman–Crippen LogP) is 2.14. The van der Waals surface area contributed by atoms with Gasteiger partial charge >= 0.3 is 0 Å². The molecule has 0 aromatic heterocycles. The second-order valence-corrected chi connectivity index (χ2v) is 5.79. The molecular formula is C14H17Cl2NO3. The molecule has 4 nitrogen and oxygen atoms in total. The Morgan fingerprint density at radius 1 is 1.50 bits per heavy atom. The number of hydrogen-bond acceptors (Lipinski definition) is 3. The summed E-state index contributed by atoms with van der Waals surface area (Å²) in [7, 11) is 0. The van der Waals surface area contributed by atoms with Gasteiger partial charge in [-0.3, -0.25) is 4.79 Å². The molecule has 2 rings (SSSR count). The van der Waals surface area contributed by atoms with E-state index in [0.29, 0.717) is 23.2 Å². The van der Waals surface area contributed by atoms with Gasteiger partial charge in [0.05, 0.1) is 31.8 Å². The van der Waals surface area contributed by atoms with Crippen molar-refractivity contribution in [2.75, 3.05) is 19.8 Å². The van der Waals surface area contributed by atoms with Gasteiger partial charge in [0.2, 0.25) is 5.91 Å². The number of ether oxygens (including phenoxy) is 1. The Kier molecular flexibility index (Phi) is 5.27. The first-order chi connectivity index (χ1) is 9.51. The molecule has 0 bridgehead atoms. The zero-order valence-electron chi connectivity index (χ0n) is 11.2. The maximum Gasteiger partial charge on any atom is 0.227 e. The summed E-state index contributed by atoms with van der Waals surface area (Å²) in [5.74, 6) is -0.0246. The Hall–Kier alpha value is -0.810. The number of carbonyl (C=O) groups excluding carboxylic acids is 1. The number of aliphatic hydroxyl groups excluding tert-OH is 1. The molecule has 6 heteroatoms. The van der Waals surface area contributed by atoms with Crippen LogP contribution in [0.5, 0.6) is 0 Å². The van der Waals surface area contributed by atoms with Crippen molar-refractivity contribution in [2.45, 2.75) is 25.5 Å². The number of benzene rings is 1. The van der Waals surface area contributed by atoms with Gasteiger partial charge in [-0.25, -0.2) is 0 Å². The summed E-state index contributed by atoms with van der Waals surface area (Å²) < 4.78 is 5.42. The number of amides is 1. The zero-order valence-corrected chi connectivity index (χ0v) is 12.7. The summed E-state index contributed by atoms with van der Waals surface area (Å²) in [4.78, 5) is 14.1. The fraction of sp³-hybridized carbons (Fsp3) is 0.500. The molecule has 1 aromatic rings. The second-order valence-electron chi connectivity index (χ2n) is 4.95. The van der Waals surface area contributed by atoms with Gasteiger partial charge < -0.3 is 14.7 Å². The lowest BCUT2D eigenvalue weighted by Crippen LogP contribution is -2.52. The number of hydrogen-bond donors (Lipinski definition) is 1. The minimum Gasteiger partial charge on any atom is -0.394 e. The van der Waals surface area contributed by atoms with Gasteiger partial charge in [0.15, 0.2) is 0 Å². The molecule has 110 valence electrons. The highest BCUT2D eigenvalue weighted by atomic mass is 35.5. The molecular weight excluding hydrogens is 301 g/mol. The normalized spacial score (nSPS) is 22.9. The van der Waals surface area contributed by atoms with Gasteiger partial charge in [-0.05, 0) is 24.6 Å². The third-order valence-corrected chi connectivity index (χ3v) is 3.97. The van der Waals surface area contributed by atoms with E-state index in [2.05, 4.69) is 0 Å². The molecule has 0 saturated carbocycles. The lowest BCUT2D eigenvalue weighted by Gasteiger charge is -2.37. The van der Waals surface area contributed by atoms with E-state index < -0.39 is 0 Å². The fourth-order valence-electron chi connectivity index (χ4n) is 2.20. The summed E-state index contributed by atoms with van der Waals surface area (Å²) >= 11 is 11.9. The Bertz CT molecular complexity index is 495. The summed E-state index contributed by atoms with van der Waals surface area (Å²) in [5.41, 5.74) is 0.750. The number of carbonyl (C=O) groups is 1. The molecule has 1 heterocycles. The van der Waals surface area contributed by atoms with E-state index in [9.17, 15) is 4.79 Å². The van der Waals surface area contributed by atoms with E-state index in [-0.39, 0.29) is 31.1 Å². The number of morpholine rings is 1. The Morgan fingerprint density at radius 2 is 2.25 bits per heavy atom. The van der Waals surface area contributed by atoms with Gasteiger partial charge in [0.1, 0.15) is 0 Å². The van der Waals surface area contributed by atoms with Gasteiger partial charge in [-0.1, -0.05) is 29.3 Å². The van der Waals surface area contributed by atoms with Gasteiger partial charge in [-0.2, -0.15) is 0 Å². The largest absolute Gasteiger partial charge is 0.394 e. The van der Waals surface area contributed by atoms with Crippen LogP contribution in [0.2, 0.25) is 10.0 Å². The van der Waals surface area contributed by atoms with E-state index in [1.807, 2.05) is 6.92 Å². The average Bonchev–Trinajstić information content (AvgIpc) is 2.42. The van der Waals surface area contributed by atoms with Crippen molar-refractivity contribution >= 4 is 29.1 Å². The van der Waals surface area contributed by atoms with Crippen LogP contribution < -0.4 is 0 Å². The molecule has 1 fully saturated rings. The highest BCUT2D eigenvalue weighted by Crippen LogP contribution is 2.22. The minimum atomic E-state index is -0.309. The molecule has 1 amide bonds. The predicted molar refractivity (Wildman–Crippen MR) is 78.2 cm³/mol. The van der Waals surface area contributed by atoms with E-state index >= 15 is 0 Å². The van der Waals surface area contributed by atoms with Gasteiger partial charge in [0.25, 0.3) is 0 Å². The highest BCUT2D eigenvalue weighted by molar-refractivity contribution is 6.35. The van der Waals surface area contributed by atoms with Crippen molar-refractivity contribution < 1.29 is 14.6 Å². The first kappa shape index (κ1) is 15.6. The molecule has 1 aliphatic rings. The molecule has 2 atom stereocenters.